The smallest absolute Gasteiger partial charge is 0.228 e. The molecule has 1 N–H and O–H groups in total. The number of benzene rings is 2. The molecular weight excluding hydrogens is 449 g/mol. The summed E-state index contributed by atoms with van der Waals surface area (Å²) in [6.07, 6.45) is 0.212. The predicted octanol–water partition coefficient (Wildman–Crippen LogP) is 5.83. The Morgan fingerprint density at radius 3 is 2.34 bits per heavy atom. The average Bonchev–Trinajstić information content (AvgIpc) is 3.00. The van der Waals surface area contributed by atoms with Crippen LogP contribution >= 0.6 is 23.2 Å². The van der Waals surface area contributed by atoms with Crippen LogP contribution in [-0.4, -0.2) is 28.9 Å². The molecule has 8 heteroatoms. The van der Waals surface area contributed by atoms with Crippen LogP contribution in [0.4, 0.5) is 5.69 Å². The number of nitrogens with one attached hydrogen (secondary N) is 1. The number of amides is 1. The number of nitrogens with zero attached hydrogens (tertiary/aromatic N) is 2. The van der Waals surface area contributed by atoms with Gasteiger partial charge in [-0.05, 0) is 63.1 Å². The average molecular weight is 476 g/mol. The summed E-state index contributed by atoms with van der Waals surface area (Å²) in [6.45, 7) is 9.22. The first-order valence-electron chi connectivity index (χ1n) is 10.5. The maximum absolute atomic E-state index is 12.8. The standard InChI is InChI=1S/C24H27Cl2N3O3/c1-5-31-21-10-8-17(12-22(21)32-6-2)13-23(30)27-24-15(3)28-29(16(24)4)14-18-7-9-19(25)20(26)11-18/h7-12H,5-6,13-14H2,1-4H3,(H,27,30). The highest BCUT2D eigenvalue weighted by Gasteiger charge is 2.16. The van der Waals surface area contributed by atoms with Gasteiger partial charge in [0.25, 0.3) is 0 Å². The van der Waals surface area contributed by atoms with Crippen LogP contribution in [0.25, 0.3) is 0 Å². The number of anilines is 1. The SMILES string of the molecule is CCOc1ccc(CC(=O)Nc2c(C)nn(Cc3ccc(Cl)c(Cl)c3)c2C)cc1OCC. The summed E-state index contributed by atoms with van der Waals surface area (Å²) >= 11 is 12.1. The van der Waals surface area contributed by atoms with Crippen LogP contribution < -0.4 is 14.8 Å². The van der Waals surface area contributed by atoms with Gasteiger partial charge in [-0.1, -0.05) is 35.3 Å². The second-order valence-corrected chi connectivity index (χ2v) is 8.14. The highest BCUT2D eigenvalue weighted by Crippen LogP contribution is 2.29. The van der Waals surface area contributed by atoms with E-state index in [9.17, 15) is 4.79 Å². The quantitative estimate of drug-likeness (QED) is 0.422. The van der Waals surface area contributed by atoms with Crippen molar-refractivity contribution < 1.29 is 14.3 Å². The minimum atomic E-state index is -0.128. The van der Waals surface area contributed by atoms with E-state index in [2.05, 4.69) is 10.4 Å². The molecule has 0 fully saturated rings. The Bertz CT molecular complexity index is 1110. The zero-order valence-corrected chi connectivity index (χ0v) is 20.2. The first kappa shape index (κ1) is 24.0. The summed E-state index contributed by atoms with van der Waals surface area (Å²) in [5.74, 6) is 1.19. The van der Waals surface area contributed by atoms with E-state index in [0.29, 0.717) is 47.0 Å². The van der Waals surface area contributed by atoms with Gasteiger partial charge in [-0.2, -0.15) is 5.10 Å². The minimum absolute atomic E-state index is 0.128. The van der Waals surface area contributed by atoms with Gasteiger partial charge in [0.1, 0.15) is 0 Å². The molecule has 0 spiro atoms. The Hall–Kier alpha value is -2.70. The lowest BCUT2D eigenvalue weighted by Gasteiger charge is -2.12. The lowest BCUT2D eigenvalue weighted by atomic mass is 10.1. The monoisotopic (exact) mass is 475 g/mol. The number of aryl methyl sites for hydroxylation is 1. The third kappa shape index (κ3) is 5.75. The van der Waals surface area contributed by atoms with Gasteiger partial charge >= 0.3 is 0 Å². The van der Waals surface area contributed by atoms with Gasteiger partial charge in [0.15, 0.2) is 11.5 Å². The molecule has 0 aliphatic heterocycles. The first-order chi connectivity index (χ1) is 15.3. The Labute approximate surface area is 198 Å². The second-order valence-electron chi connectivity index (χ2n) is 7.32. The summed E-state index contributed by atoms with van der Waals surface area (Å²) in [5.41, 5.74) is 4.14. The molecule has 2 aromatic carbocycles. The molecule has 0 bridgehead atoms. The highest BCUT2D eigenvalue weighted by atomic mass is 35.5. The molecule has 6 nitrogen and oxygen atoms in total. The number of ether oxygens (including phenoxy) is 2. The molecule has 3 rings (SSSR count). The Morgan fingerprint density at radius 2 is 1.66 bits per heavy atom. The van der Waals surface area contributed by atoms with E-state index in [0.717, 1.165) is 22.5 Å². The van der Waals surface area contributed by atoms with Crippen LogP contribution in [0.3, 0.4) is 0 Å². The second kappa shape index (κ2) is 10.7. The Kier molecular flexibility index (Phi) is 8.04. The molecule has 0 atom stereocenters. The van der Waals surface area contributed by atoms with Crippen LogP contribution in [0.15, 0.2) is 36.4 Å². The number of rotatable bonds is 9. The molecule has 170 valence electrons. The summed E-state index contributed by atoms with van der Waals surface area (Å²) in [6, 6.07) is 11.1. The van der Waals surface area contributed by atoms with Crippen LogP contribution in [0.5, 0.6) is 11.5 Å². The topological polar surface area (TPSA) is 65.4 Å². The molecule has 0 saturated carbocycles. The highest BCUT2D eigenvalue weighted by molar-refractivity contribution is 6.42. The normalized spacial score (nSPS) is 10.8. The summed E-state index contributed by atoms with van der Waals surface area (Å²) in [7, 11) is 0. The maximum Gasteiger partial charge on any atom is 0.228 e. The molecular formula is C24H27Cl2N3O3. The molecule has 1 amide bonds. The number of halogens is 2. The van der Waals surface area contributed by atoms with Crippen molar-refractivity contribution in [3.05, 3.63) is 69.0 Å². The van der Waals surface area contributed by atoms with E-state index in [1.54, 1.807) is 6.07 Å². The van der Waals surface area contributed by atoms with Crippen LogP contribution in [0.1, 0.15) is 36.4 Å². The van der Waals surface area contributed by atoms with Gasteiger partial charge in [-0.25, -0.2) is 0 Å². The molecule has 1 aromatic heterocycles. The molecule has 0 aliphatic rings. The van der Waals surface area contributed by atoms with Crippen molar-refractivity contribution in [2.45, 2.75) is 40.7 Å². The Morgan fingerprint density at radius 1 is 0.969 bits per heavy atom. The number of carbonyl (C=O) groups excluding carboxylic acids is 1. The van der Waals surface area contributed by atoms with Crippen LogP contribution in [0.2, 0.25) is 10.0 Å². The zero-order valence-electron chi connectivity index (χ0n) is 18.7. The molecule has 0 radical (unpaired) electrons. The zero-order chi connectivity index (χ0) is 23.3. The lowest BCUT2D eigenvalue weighted by Crippen LogP contribution is -2.16. The predicted molar refractivity (Wildman–Crippen MR) is 128 cm³/mol. The van der Waals surface area contributed by atoms with Gasteiger partial charge < -0.3 is 14.8 Å². The number of aromatic nitrogens is 2. The number of carbonyl (C=O) groups is 1. The van der Waals surface area contributed by atoms with Crippen LogP contribution in [0, 0.1) is 13.8 Å². The first-order valence-corrected chi connectivity index (χ1v) is 11.2. The van der Waals surface area contributed by atoms with Gasteiger partial charge in [0.2, 0.25) is 5.91 Å². The van der Waals surface area contributed by atoms with Crippen molar-refractivity contribution >= 4 is 34.8 Å². The molecule has 3 aromatic rings. The largest absolute Gasteiger partial charge is 0.490 e. The molecule has 0 unspecified atom stereocenters. The van der Waals surface area contributed by atoms with E-state index in [4.69, 9.17) is 32.7 Å². The van der Waals surface area contributed by atoms with Gasteiger partial charge in [-0.15, -0.1) is 0 Å². The van der Waals surface area contributed by atoms with Crippen molar-refractivity contribution in [2.75, 3.05) is 18.5 Å². The number of hydrogen-bond acceptors (Lipinski definition) is 4. The van der Waals surface area contributed by atoms with Gasteiger partial charge in [-0.3, -0.25) is 9.48 Å². The molecule has 0 aliphatic carbocycles. The van der Waals surface area contributed by atoms with E-state index in [-0.39, 0.29) is 12.3 Å². The fourth-order valence-corrected chi connectivity index (χ4v) is 3.74. The third-order valence-electron chi connectivity index (χ3n) is 4.93. The fourth-order valence-electron chi connectivity index (χ4n) is 3.42. The summed E-state index contributed by atoms with van der Waals surface area (Å²) in [5, 5.41) is 8.59. The summed E-state index contributed by atoms with van der Waals surface area (Å²) < 4.78 is 13.1. The maximum atomic E-state index is 12.8. The van der Waals surface area contributed by atoms with E-state index in [1.807, 2.05) is 62.7 Å². The summed E-state index contributed by atoms with van der Waals surface area (Å²) in [4.78, 5) is 12.8. The van der Waals surface area contributed by atoms with Crippen LogP contribution in [-0.2, 0) is 17.8 Å². The van der Waals surface area contributed by atoms with E-state index in [1.165, 1.54) is 0 Å². The fraction of sp³-hybridized carbons (Fsp3) is 0.333. The Balaban J connectivity index is 1.72. The number of hydrogen-bond donors (Lipinski definition) is 1. The van der Waals surface area contributed by atoms with E-state index < -0.39 is 0 Å². The van der Waals surface area contributed by atoms with Gasteiger partial charge in [0.05, 0.1) is 53.3 Å². The third-order valence-corrected chi connectivity index (χ3v) is 5.67. The minimum Gasteiger partial charge on any atom is -0.490 e. The van der Waals surface area contributed by atoms with Crippen molar-refractivity contribution in [3.63, 3.8) is 0 Å². The van der Waals surface area contributed by atoms with Gasteiger partial charge in [0, 0.05) is 0 Å². The van der Waals surface area contributed by atoms with Crippen molar-refractivity contribution in [2.24, 2.45) is 0 Å². The molecule has 0 saturated heterocycles. The lowest BCUT2D eigenvalue weighted by molar-refractivity contribution is -0.115. The van der Waals surface area contributed by atoms with E-state index >= 15 is 0 Å². The molecule has 32 heavy (non-hydrogen) atoms. The molecule has 1 heterocycles. The van der Waals surface area contributed by atoms with Crippen molar-refractivity contribution in [1.29, 1.82) is 0 Å². The van der Waals surface area contributed by atoms with Crippen molar-refractivity contribution in [1.82, 2.24) is 9.78 Å². The van der Waals surface area contributed by atoms with Crippen molar-refractivity contribution in [3.8, 4) is 11.5 Å².